The van der Waals surface area contributed by atoms with Gasteiger partial charge in [-0.25, -0.2) is 15.0 Å². The molecule has 3 N–H and O–H groups in total. The maximum absolute atomic E-state index is 11.1. The highest BCUT2D eigenvalue weighted by molar-refractivity contribution is 8.05. The molecule has 3 heterocycles. The van der Waals surface area contributed by atoms with Crippen molar-refractivity contribution in [1.82, 2.24) is 19.5 Å². The van der Waals surface area contributed by atoms with E-state index in [0.717, 1.165) is 0 Å². The van der Waals surface area contributed by atoms with E-state index in [4.69, 9.17) is 37.5 Å². The van der Waals surface area contributed by atoms with Gasteiger partial charge >= 0.3 is 6.07 Å². The molecular formula is C10H12Cl2N5O4P. The third-order valence-electron chi connectivity index (χ3n) is 3.29. The molecule has 12 heteroatoms. The molecule has 3 unspecified atom stereocenters. The molecule has 0 saturated carbocycles. The van der Waals surface area contributed by atoms with Crippen LogP contribution in [-0.4, -0.2) is 43.4 Å². The van der Waals surface area contributed by atoms with E-state index in [-0.39, 0.29) is 18.8 Å². The first-order valence-corrected chi connectivity index (χ1v) is 9.69. The number of nitrogen functional groups attached to an aromatic ring is 1. The standard InChI is InChI=1S/C10H12Cl2N5O4P/c11-22(12,19)20-2-6-5(18)1-7(21-6)17-4-16-8-9(13)14-3-15-10(8)17/h3-7,18H,1-2H2,(H2,13,14,15). The second-order valence-electron chi connectivity index (χ2n) is 4.73. The molecule has 2 aromatic rings. The number of halogens is 2. The number of rotatable bonds is 4. The van der Waals surface area contributed by atoms with Crippen molar-refractivity contribution >= 4 is 45.5 Å². The lowest BCUT2D eigenvalue weighted by atomic mass is 10.2. The minimum absolute atomic E-state index is 0.189. The van der Waals surface area contributed by atoms with Gasteiger partial charge in [-0.2, -0.15) is 0 Å². The van der Waals surface area contributed by atoms with Gasteiger partial charge < -0.3 is 20.1 Å². The quantitative estimate of drug-likeness (QED) is 0.781. The molecule has 3 atom stereocenters. The van der Waals surface area contributed by atoms with Crippen LogP contribution in [0.1, 0.15) is 12.6 Å². The Hall–Kier alpha value is -0.960. The Morgan fingerprint density at radius 1 is 1.50 bits per heavy atom. The molecule has 120 valence electrons. The van der Waals surface area contributed by atoms with Crippen molar-refractivity contribution in [3.8, 4) is 0 Å². The van der Waals surface area contributed by atoms with E-state index in [9.17, 15) is 9.67 Å². The Balaban J connectivity index is 1.78. The predicted molar refractivity (Wildman–Crippen MR) is 79.5 cm³/mol. The molecule has 0 aromatic carbocycles. The predicted octanol–water partition coefficient (Wildman–Crippen LogP) is 1.66. The second-order valence-corrected chi connectivity index (χ2v) is 9.00. The van der Waals surface area contributed by atoms with E-state index in [1.807, 2.05) is 0 Å². The van der Waals surface area contributed by atoms with Gasteiger partial charge in [0.25, 0.3) is 0 Å². The van der Waals surface area contributed by atoms with Crippen LogP contribution in [0.15, 0.2) is 12.7 Å². The monoisotopic (exact) mass is 367 g/mol. The third kappa shape index (κ3) is 3.19. The van der Waals surface area contributed by atoms with Crippen molar-refractivity contribution in [2.24, 2.45) is 0 Å². The number of hydrogen-bond donors (Lipinski definition) is 2. The van der Waals surface area contributed by atoms with Gasteiger partial charge in [-0.15, -0.1) is 0 Å². The fraction of sp³-hybridized carbons (Fsp3) is 0.500. The van der Waals surface area contributed by atoms with Gasteiger partial charge in [-0.3, -0.25) is 9.13 Å². The Labute approximate surface area is 134 Å². The highest BCUT2D eigenvalue weighted by Crippen LogP contribution is 2.57. The highest BCUT2D eigenvalue weighted by Gasteiger charge is 2.37. The summed E-state index contributed by atoms with van der Waals surface area (Å²) in [5, 5.41) is 10.0. The second kappa shape index (κ2) is 5.92. The van der Waals surface area contributed by atoms with Crippen LogP contribution in [0, 0.1) is 0 Å². The van der Waals surface area contributed by atoms with Gasteiger partial charge in [0, 0.05) is 6.42 Å². The molecule has 1 saturated heterocycles. The number of aliphatic hydroxyl groups excluding tert-OH is 1. The van der Waals surface area contributed by atoms with E-state index < -0.39 is 24.5 Å². The van der Waals surface area contributed by atoms with Crippen LogP contribution in [0.4, 0.5) is 5.82 Å². The number of aromatic nitrogens is 4. The summed E-state index contributed by atoms with van der Waals surface area (Å²) in [6.45, 7) is -0.189. The first kappa shape index (κ1) is 15.9. The zero-order chi connectivity index (χ0) is 15.9. The maximum atomic E-state index is 11.1. The van der Waals surface area contributed by atoms with Crippen LogP contribution in [0.25, 0.3) is 11.2 Å². The summed E-state index contributed by atoms with van der Waals surface area (Å²) in [7, 11) is 0. The minimum atomic E-state index is -3.67. The summed E-state index contributed by atoms with van der Waals surface area (Å²) in [5.74, 6) is 0.257. The highest BCUT2D eigenvalue weighted by atomic mass is 35.9. The molecule has 2 aromatic heterocycles. The number of nitrogens with two attached hydrogens (primary N) is 1. The van der Waals surface area contributed by atoms with E-state index in [1.165, 1.54) is 12.7 Å². The summed E-state index contributed by atoms with van der Waals surface area (Å²) in [5.41, 5.74) is 6.66. The van der Waals surface area contributed by atoms with Gasteiger partial charge in [-0.05, 0) is 22.5 Å². The molecule has 0 radical (unpaired) electrons. The van der Waals surface area contributed by atoms with Crippen molar-refractivity contribution in [2.45, 2.75) is 24.9 Å². The lowest BCUT2D eigenvalue weighted by molar-refractivity contribution is -0.0367. The molecular weight excluding hydrogens is 356 g/mol. The normalized spacial score (nSPS) is 25.9. The fourth-order valence-electron chi connectivity index (χ4n) is 2.28. The summed E-state index contributed by atoms with van der Waals surface area (Å²) in [4.78, 5) is 12.1. The van der Waals surface area contributed by atoms with Crippen LogP contribution in [-0.2, 0) is 13.8 Å². The topological polar surface area (TPSA) is 125 Å². The first-order valence-electron chi connectivity index (χ1n) is 6.25. The van der Waals surface area contributed by atoms with Crippen molar-refractivity contribution in [1.29, 1.82) is 0 Å². The van der Waals surface area contributed by atoms with Gasteiger partial charge in [-0.1, -0.05) is 0 Å². The lowest BCUT2D eigenvalue weighted by Gasteiger charge is -2.15. The average molecular weight is 368 g/mol. The number of anilines is 1. The number of hydrogen-bond acceptors (Lipinski definition) is 8. The molecule has 1 aliphatic heterocycles. The molecule has 22 heavy (non-hydrogen) atoms. The Bertz CT molecular complexity index is 737. The van der Waals surface area contributed by atoms with E-state index >= 15 is 0 Å². The van der Waals surface area contributed by atoms with Gasteiger partial charge in [0.05, 0.1) is 19.0 Å². The van der Waals surface area contributed by atoms with Crippen LogP contribution in [0.3, 0.4) is 0 Å². The SMILES string of the molecule is Nc1ncnc2c1ncn2C1CC(O)C(COP(=O)(Cl)Cl)O1. The molecule has 1 fully saturated rings. The minimum Gasteiger partial charge on any atom is -0.390 e. The van der Waals surface area contributed by atoms with E-state index in [2.05, 4.69) is 15.0 Å². The molecule has 0 amide bonds. The zero-order valence-electron chi connectivity index (χ0n) is 11.0. The van der Waals surface area contributed by atoms with Crippen molar-refractivity contribution in [3.05, 3.63) is 12.7 Å². The largest absolute Gasteiger partial charge is 0.390 e. The van der Waals surface area contributed by atoms with Crippen LogP contribution in [0.5, 0.6) is 0 Å². The smallest absolute Gasteiger partial charge is 0.380 e. The molecule has 0 aliphatic carbocycles. The van der Waals surface area contributed by atoms with Gasteiger partial charge in [0.1, 0.15) is 24.2 Å². The molecule has 0 spiro atoms. The summed E-state index contributed by atoms with van der Waals surface area (Å²) < 4.78 is 23.2. The molecule has 9 nitrogen and oxygen atoms in total. The number of ether oxygens (including phenoxy) is 1. The zero-order valence-corrected chi connectivity index (χ0v) is 13.4. The van der Waals surface area contributed by atoms with Gasteiger partial charge in [0.2, 0.25) is 0 Å². The maximum Gasteiger partial charge on any atom is 0.380 e. The molecule has 0 bridgehead atoms. The summed E-state index contributed by atoms with van der Waals surface area (Å²) in [6, 6.07) is 0. The summed E-state index contributed by atoms with van der Waals surface area (Å²) >= 11 is 10.6. The first-order chi connectivity index (χ1) is 10.3. The van der Waals surface area contributed by atoms with Crippen molar-refractivity contribution in [3.63, 3.8) is 0 Å². The van der Waals surface area contributed by atoms with E-state index in [0.29, 0.717) is 11.2 Å². The van der Waals surface area contributed by atoms with E-state index in [1.54, 1.807) is 4.57 Å². The Morgan fingerprint density at radius 2 is 2.27 bits per heavy atom. The van der Waals surface area contributed by atoms with Crippen LogP contribution in [0.2, 0.25) is 0 Å². The molecule has 1 aliphatic rings. The van der Waals surface area contributed by atoms with Crippen LogP contribution >= 0.6 is 28.6 Å². The van der Waals surface area contributed by atoms with Crippen LogP contribution < -0.4 is 5.73 Å². The number of nitrogens with zero attached hydrogens (tertiary/aromatic N) is 4. The summed E-state index contributed by atoms with van der Waals surface area (Å²) in [6.07, 6.45) is -2.64. The fourth-order valence-corrected chi connectivity index (χ4v) is 2.94. The third-order valence-corrected chi connectivity index (χ3v) is 4.33. The molecule has 3 rings (SSSR count). The Kier molecular flexibility index (Phi) is 4.28. The lowest BCUT2D eigenvalue weighted by Crippen LogP contribution is -2.25. The number of fused-ring (bicyclic) bond motifs is 1. The Morgan fingerprint density at radius 3 is 3.00 bits per heavy atom. The van der Waals surface area contributed by atoms with Crippen molar-refractivity contribution in [2.75, 3.05) is 12.3 Å². The van der Waals surface area contributed by atoms with Gasteiger partial charge in [0.15, 0.2) is 11.5 Å². The number of imidazole rings is 1. The average Bonchev–Trinajstić information content (AvgIpc) is 3.00. The number of aliphatic hydroxyl groups is 1. The van der Waals surface area contributed by atoms with Crippen molar-refractivity contribution < 1.29 is 18.9 Å².